The lowest BCUT2D eigenvalue weighted by Crippen LogP contribution is -2.72. The van der Waals surface area contributed by atoms with Gasteiger partial charge < -0.3 is 40.7 Å². The van der Waals surface area contributed by atoms with Gasteiger partial charge in [-0.05, 0) is 0 Å². The van der Waals surface area contributed by atoms with Gasteiger partial charge in [-0.1, -0.05) is 0 Å². The Morgan fingerprint density at radius 2 is 1.95 bits per heavy atom. The summed E-state index contributed by atoms with van der Waals surface area (Å²) >= 11 is 0. The minimum absolute atomic E-state index is 0.767. The number of rotatable bonds is 5. The Morgan fingerprint density at radius 1 is 1.41 bits per heavy atom. The number of ether oxygens (including phenoxy) is 1. The smallest absolute Gasteiger partial charge is 0.367 e. The zero-order chi connectivity index (χ0) is 17.2. The van der Waals surface area contributed by atoms with Gasteiger partial charge in [0.1, 0.15) is 24.4 Å². The fourth-order valence-corrected chi connectivity index (χ4v) is 2.13. The van der Waals surface area contributed by atoms with Crippen molar-refractivity contribution in [1.82, 2.24) is 5.32 Å². The average Bonchev–Trinajstić information content (AvgIpc) is 2.45. The van der Waals surface area contributed by atoms with Crippen LogP contribution >= 0.6 is 0 Å². The van der Waals surface area contributed by atoms with Crippen LogP contribution in [0, 0.1) is 0 Å². The van der Waals surface area contributed by atoms with Gasteiger partial charge in [-0.15, -0.1) is 0 Å². The van der Waals surface area contributed by atoms with Crippen LogP contribution in [0.25, 0.3) is 0 Å². The summed E-state index contributed by atoms with van der Waals surface area (Å²) in [6.45, 7) is 0.0400. The number of aliphatic hydroxyl groups is 5. The molecule has 0 aromatic rings. The Hall–Kier alpha value is -1.37. The van der Waals surface area contributed by atoms with E-state index < -0.39 is 60.9 Å². The molecule has 0 saturated carbocycles. The fourth-order valence-electron chi connectivity index (χ4n) is 2.13. The monoisotopic (exact) mass is 327 g/mol. The summed E-state index contributed by atoms with van der Waals surface area (Å²) in [6.07, 6.45) is -10.8. The number of alkyl halides is 1. The molecule has 1 unspecified atom stereocenters. The van der Waals surface area contributed by atoms with Gasteiger partial charge in [0.25, 0.3) is 0 Å². The summed E-state index contributed by atoms with van der Waals surface area (Å²) in [5.41, 5.74) is 0. The molecule has 1 rings (SSSR count). The number of carboxylic acids is 1. The molecule has 11 heteroatoms. The second-order valence-corrected chi connectivity index (χ2v) is 4.94. The van der Waals surface area contributed by atoms with Crippen LogP contribution in [0.4, 0.5) is 4.39 Å². The molecule has 0 bridgehead atoms. The minimum atomic E-state index is -3.49. The number of carbonyl (C=O) groups is 2. The van der Waals surface area contributed by atoms with Gasteiger partial charge in [0, 0.05) is 6.92 Å². The number of halogens is 1. The molecular formula is C11H18FNO9. The number of hydrogen-bond acceptors (Lipinski definition) is 8. The molecule has 1 amide bonds. The van der Waals surface area contributed by atoms with E-state index in [4.69, 9.17) is 10.2 Å². The van der Waals surface area contributed by atoms with Crippen molar-refractivity contribution in [3.8, 4) is 0 Å². The number of hydrogen-bond donors (Lipinski definition) is 7. The van der Waals surface area contributed by atoms with E-state index in [2.05, 4.69) is 4.74 Å². The molecule has 7 N–H and O–H groups in total. The van der Waals surface area contributed by atoms with Crippen LogP contribution in [0.5, 0.6) is 0 Å². The highest BCUT2D eigenvalue weighted by Crippen LogP contribution is 2.32. The summed E-state index contributed by atoms with van der Waals surface area (Å²) in [4.78, 5) is 22.1. The summed E-state index contributed by atoms with van der Waals surface area (Å²) in [5.74, 6) is -6.43. The summed E-state index contributed by atoms with van der Waals surface area (Å²) in [6, 6.07) is -1.66. The maximum atomic E-state index is 13.9. The molecule has 7 atom stereocenters. The van der Waals surface area contributed by atoms with E-state index in [9.17, 15) is 34.4 Å². The van der Waals surface area contributed by atoms with Crippen LogP contribution in [-0.4, -0.2) is 91.5 Å². The van der Waals surface area contributed by atoms with Crippen LogP contribution in [0.3, 0.4) is 0 Å². The number of aliphatic hydroxyl groups excluding tert-OH is 4. The zero-order valence-electron chi connectivity index (χ0n) is 11.5. The summed E-state index contributed by atoms with van der Waals surface area (Å²) < 4.78 is 18.5. The molecular weight excluding hydrogens is 309 g/mol. The number of carboxylic acid groups (broad SMARTS) is 1. The Morgan fingerprint density at radius 3 is 2.36 bits per heavy atom. The van der Waals surface area contributed by atoms with Crippen LogP contribution in [0.2, 0.25) is 0 Å². The first-order valence-electron chi connectivity index (χ1n) is 6.26. The molecule has 1 aliphatic heterocycles. The standard InChI is InChI=1S/C11H18FNO9/c1-3(15)13-5-7(18)9(12)11(21,10(19)20)22-8(5)6(17)4(16)2-14/h4-9,14,16-18,21H,2H2,1H3,(H,13,15)(H,19,20)/t4-,5-,6-,7-,8-,9+,11?/m1/s1. The molecule has 0 spiro atoms. The fraction of sp³-hybridized carbons (Fsp3) is 0.818. The molecule has 1 aliphatic rings. The third-order valence-corrected chi connectivity index (χ3v) is 3.31. The average molecular weight is 327 g/mol. The topological polar surface area (TPSA) is 177 Å². The van der Waals surface area contributed by atoms with Crippen molar-refractivity contribution in [3.05, 3.63) is 0 Å². The van der Waals surface area contributed by atoms with E-state index in [0.717, 1.165) is 6.92 Å². The van der Waals surface area contributed by atoms with Gasteiger partial charge in [0.05, 0.1) is 12.6 Å². The van der Waals surface area contributed by atoms with Crippen LogP contribution in [0.1, 0.15) is 6.92 Å². The van der Waals surface area contributed by atoms with Crippen LogP contribution in [0.15, 0.2) is 0 Å². The lowest BCUT2D eigenvalue weighted by molar-refractivity contribution is -0.320. The molecule has 1 fully saturated rings. The maximum Gasteiger partial charge on any atom is 0.367 e. The molecule has 1 heterocycles. The van der Waals surface area contributed by atoms with E-state index in [-0.39, 0.29) is 0 Å². The molecule has 1 saturated heterocycles. The van der Waals surface area contributed by atoms with Crippen molar-refractivity contribution in [3.63, 3.8) is 0 Å². The van der Waals surface area contributed by atoms with Crippen molar-refractivity contribution in [2.45, 2.75) is 49.3 Å². The van der Waals surface area contributed by atoms with E-state index in [0.29, 0.717) is 0 Å². The molecule has 0 aromatic carbocycles. The lowest BCUT2D eigenvalue weighted by atomic mass is 9.87. The maximum absolute atomic E-state index is 13.9. The third kappa shape index (κ3) is 3.34. The van der Waals surface area contributed by atoms with Gasteiger partial charge in [-0.25, -0.2) is 9.18 Å². The highest BCUT2D eigenvalue weighted by molar-refractivity contribution is 5.77. The van der Waals surface area contributed by atoms with E-state index >= 15 is 0 Å². The van der Waals surface area contributed by atoms with E-state index in [1.54, 1.807) is 0 Å². The van der Waals surface area contributed by atoms with Crippen LogP contribution in [-0.2, 0) is 14.3 Å². The van der Waals surface area contributed by atoms with Gasteiger partial charge in [-0.3, -0.25) is 4.79 Å². The number of aliphatic carboxylic acids is 1. The quantitative estimate of drug-likeness (QED) is 0.266. The van der Waals surface area contributed by atoms with E-state index in [1.165, 1.54) is 0 Å². The third-order valence-electron chi connectivity index (χ3n) is 3.31. The first kappa shape index (κ1) is 18.7. The predicted octanol–water partition coefficient (Wildman–Crippen LogP) is -3.92. The highest BCUT2D eigenvalue weighted by Gasteiger charge is 2.61. The highest BCUT2D eigenvalue weighted by atomic mass is 19.1. The Bertz CT molecular complexity index is 436. The number of carbonyl (C=O) groups excluding carboxylic acids is 1. The number of amides is 1. The predicted molar refractivity (Wildman–Crippen MR) is 65.1 cm³/mol. The van der Waals surface area contributed by atoms with Crippen molar-refractivity contribution in [2.24, 2.45) is 0 Å². The normalized spacial score (nSPS) is 38.1. The molecule has 0 aliphatic carbocycles. The lowest BCUT2D eigenvalue weighted by Gasteiger charge is -2.46. The Labute approximate surface area is 123 Å². The van der Waals surface area contributed by atoms with Gasteiger partial charge in [-0.2, -0.15) is 0 Å². The molecule has 10 nitrogen and oxygen atoms in total. The Kier molecular flexibility index (Phi) is 5.78. The van der Waals surface area contributed by atoms with Gasteiger partial charge >= 0.3 is 11.8 Å². The molecule has 0 radical (unpaired) electrons. The van der Waals surface area contributed by atoms with Crippen molar-refractivity contribution >= 4 is 11.9 Å². The molecule has 128 valence electrons. The van der Waals surface area contributed by atoms with Crippen molar-refractivity contribution < 1.29 is 49.4 Å². The molecule has 22 heavy (non-hydrogen) atoms. The van der Waals surface area contributed by atoms with Crippen molar-refractivity contribution in [1.29, 1.82) is 0 Å². The minimum Gasteiger partial charge on any atom is -0.477 e. The zero-order valence-corrected chi connectivity index (χ0v) is 11.5. The number of nitrogens with one attached hydrogen (secondary N) is 1. The summed E-state index contributed by atoms with van der Waals surface area (Å²) in [7, 11) is 0. The Balaban J connectivity index is 3.19. The largest absolute Gasteiger partial charge is 0.477 e. The first-order chi connectivity index (χ1) is 10.1. The summed E-state index contributed by atoms with van der Waals surface area (Å²) in [5, 5.41) is 58.4. The van der Waals surface area contributed by atoms with Gasteiger partial charge in [0.15, 0.2) is 6.17 Å². The van der Waals surface area contributed by atoms with Crippen molar-refractivity contribution in [2.75, 3.05) is 6.61 Å². The van der Waals surface area contributed by atoms with Crippen LogP contribution < -0.4 is 5.32 Å². The van der Waals surface area contributed by atoms with Gasteiger partial charge in [0.2, 0.25) is 5.91 Å². The SMILES string of the molecule is CC(=O)N[C@@H]1[C@@H](O)[C@H](F)C(O)(C(=O)O)O[C@H]1[C@H](O)[C@H](O)CO. The molecule has 0 aromatic heterocycles. The second kappa shape index (κ2) is 6.81. The van der Waals surface area contributed by atoms with E-state index in [1.807, 2.05) is 5.32 Å². The first-order valence-corrected chi connectivity index (χ1v) is 6.26. The second-order valence-electron chi connectivity index (χ2n) is 4.94.